The number of benzene rings is 2. The number of carbonyl (C=O) groups excluding carboxylic acids is 2. The number of nitrogens with zero attached hydrogens (tertiary/aromatic N) is 2. The Morgan fingerprint density at radius 2 is 1.71 bits per heavy atom. The summed E-state index contributed by atoms with van der Waals surface area (Å²) in [6, 6.07) is 11.9. The van der Waals surface area contributed by atoms with Gasteiger partial charge in [-0.2, -0.15) is 0 Å². The number of amides is 2. The van der Waals surface area contributed by atoms with Crippen LogP contribution in [0.25, 0.3) is 0 Å². The van der Waals surface area contributed by atoms with E-state index in [2.05, 4.69) is 5.32 Å². The van der Waals surface area contributed by atoms with Gasteiger partial charge in [-0.05, 0) is 49.9 Å². The van der Waals surface area contributed by atoms with Crippen molar-refractivity contribution in [2.45, 2.75) is 53.1 Å². The van der Waals surface area contributed by atoms with E-state index >= 15 is 0 Å². The van der Waals surface area contributed by atoms with E-state index < -0.39 is 28.5 Å². The summed E-state index contributed by atoms with van der Waals surface area (Å²) < 4.78 is 26.4. The predicted octanol–water partition coefficient (Wildman–Crippen LogP) is 4.06. The Hall–Kier alpha value is -2.58. The van der Waals surface area contributed by atoms with Crippen molar-refractivity contribution in [3.05, 3.63) is 64.2 Å². The van der Waals surface area contributed by atoms with Crippen LogP contribution in [-0.4, -0.2) is 50.5 Å². The average Bonchev–Trinajstić information content (AvgIpc) is 2.78. The minimum absolute atomic E-state index is 0.184. The molecule has 2 amide bonds. The number of aryl methyl sites for hydroxylation is 2. The number of hydrogen-bond donors (Lipinski definition) is 1. The fourth-order valence-corrected chi connectivity index (χ4v) is 4.69. The number of sulfonamides is 1. The molecular weight excluding hydrogens is 474 g/mol. The maximum Gasteiger partial charge on any atom is 0.244 e. The Labute approximate surface area is 208 Å². The summed E-state index contributed by atoms with van der Waals surface area (Å²) in [4.78, 5) is 28.0. The lowest BCUT2D eigenvalue weighted by Gasteiger charge is -2.33. The highest BCUT2D eigenvalue weighted by molar-refractivity contribution is 7.92. The van der Waals surface area contributed by atoms with Crippen molar-refractivity contribution in [1.82, 2.24) is 10.2 Å². The first-order chi connectivity index (χ1) is 16.0. The van der Waals surface area contributed by atoms with Gasteiger partial charge in [0.2, 0.25) is 21.8 Å². The molecule has 2 rings (SSSR count). The maximum atomic E-state index is 13.6. The van der Waals surface area contributed by atoms with Crippen LogP contribution in [0.3, 0.4) is 0 Å². The predicted molar refractivity (Wildman–Crippen MR) is 137 cm³/mol. The van der Waals surface area contributed by atoms with Crippen molar-refractivity contribution in [1.29, 1.82) is 0 Å². The fraction of sp³-hybridized carbons (Fsp3) is 0.440. The van der Waals surface area contributed by atoms with Crippen LogP contribution in [-0.2, 0) is 26.2 Å². The van der Waals surface area contributed by atoms with Crippen LogP contribution in [0.4, 0.5) is 5.69 Å². The van der Waals surface area contributed by atoms with Gasteiger partial charge in [0.1, 0.15) is 12.6 Å². The zero-order chi connectivity index (χ0) is 25.5. The van der Waals surface area contributed by atoms with E-state index in [1.165, 1.54) is 11.0 Å². The minimum atomic E-state index is -3.80. The van der Waals surface area contributed by atoms with E-state index in [0.29, 0.717) is 29.2 Å². The number of rotatable bonds is 11. The molecule has 0 bridgehead atoms. The summed E-state index contributed by atoms with van der Waals surface area (Å²) in [6.07, 6.45) is 2.21. The van der Waals surface area contributed by atoms with E-state index in [1.54, 1.807) is 19.1 Å². The molecule has 7 nitrogen and oxygen atoms in total. The molecule has 0 fully saturated rings. The van der Waals surface area contributed by atoms with Gasteiger partial charge in [-0.3, -0.25) is 13.9 Å². The highest BCUT2D eigenvalue weighted by atomic mass is 35.5. The van der Waals surface area contributed by atoms with Gasteiger partial charge in [0.15, 0.2) is 0 Å². The van der Waals surface area contributed by atoms with Crippen molar-refractivity contribution >= 4 is 39.1 Å². The van der Waals surface area contributed by atoms with Crippen molar-refractivity contribution in [2.75, 3.05) is 23.7 Å². The van der Waals surface area contributed by atoms with E-state index in [-0.39, 0.29) is 12.5 Å². The first-order valence-corrected chi connectivity index (χ1v) is 13.6. The van der Waals surface area contributed by atoms with Gasteiger partial charge >= 0.3 is 0 Å². The molecule has 34 heavy (non-hydrogen) atoms. The summed E-state index contributed by atoms with van der Waals surface area (Å²) in [5.74, 6) is -0.724. The van der Waals surface area contributed by atoms with Crippen molar-refractivity contribution in [2.24, 2.45) is 0 Å². The molecule has 2 aromatic carbocycles. The topological polar surface area (TPSA) is 86.8 Å². The molecule has 0 radical (unpaired) electrons. The molecule has 186 valence electrons. The zero-order valence-corrected chi connectivity index (χ0v) is 22.0. The number of anilines is 1. The molecule has 0 spiro atoms. The van der Waals surface area contributed by atoms with Gasteiger partial charge in [-0.1, -0.05) is 61.3 Å². The Morgan fingerprint density at radius 3 is 2.26 bits per heavy atom. The normalized spacial score (nSPS) is 12.2. The SMILES string of the molecule is CCCNC(=O)C(CC)N(Cc1ccc(C)cc1)C(=O)CN(c1cc(Cl)ccc1C)S(C)(=O)=O. The number of carbonyl (C=O) groups is 2. The van der Waals surface area contributed by atoms with Gasteiger partial charge < -0.3 is 10.2 Å². The van der Waals surface area contributed by atoms with Crippen LogP contribution in [0, 0.1) is 13.8 Å². The molecule has 0 aliphatic rings. The summed E-state index contributed by atoms with van der Waals surface area (Å²) in [7, 11) is -3.80. The van der Waals surface area contributed by atoms with Crippen LogP contribution < -0.4 is 9.62 Å². The summed E-state index contributed by atoms with van der Waals surface area (Å²) in [5, 5.41) is 3.23. The second-order valence-corrected chi connectivity index (χ2v) is 10.8. The molecule has 0 aliphatic carbocycles. The number of hydrogen-bond acceptors (Lipinski definition) is 4. The van der Waals surface area contributed by atoms with E-state index in [9.17, 15) is 18.0 Å². The molecule has 0 aromatic heterocycles. The summed E-state index contributed by atoms with van der Waals surface area (Å²) >= 11 is 6.12. The van der Waals surface area contributed by atoms with Gasteiger partial charge in [0, 0.05) is 18.1 Å². The second-order valence-electron chi connectivity index (χ2n) is 8.42. The molecule has 2 aromatic rings. The van der Waals surface area contributed by atoms with Crippen LogP contribution in [0.5, 0.6) is 0 Å². The second kappa shape index (κ2) is 12.2. The molecule has 1 N–H and O–H groups in total. The van der Waals surface area contributed by atoms with E-state index in [4.69, 9.17) is 11.6 Å². The molecule has 1 unspecified atom stereocenters. The molecule has 0 saturated carbocycles. The molecule has 0 saturated heterocycles. The standard InChI is InChI=1S/C25H34ClN3O4S/c1-6-14-27-25(31)22(7-2)28(16-20-11-8-18(3)9-12-20)24(30)17-29(34(5,32)33)23-15-21(26)13-10-19(23)4/h8-13,15,22H,6-7,14,16-17H2,1-5H3,(H,27,31). The fourth-order valence-electron chi connectivity index (χ4n) is 3.62. The third-order valence-electron chi connectivity index (χ3n) is 5.53. The van der Waals surface area contributed by atoms with Crippen LogP contribution in [0.1, 0.15) is 43.4 Å². The van der Waals surface area contributed by atoms with Crippen LogP contribution in [0.15, 0.2) is 42.5 Å². The Morgan fingerprint density at radius 1 is 1.06 bits per heavy atom. The average molecular weight is 508 g/mol. The summed E-state index contributed by atoms with van der Waals surface area (Å²) in [6.45, 7) is 7.75. The van der Waals surface area contributed by atoms with Crippen molar-refractivity contribution in [3.8, 4) is 0 Å². The molecule has 0 heterocycles. The molecule has 1 atom stereocenters. The van der Waals surface area contributed by atoms with Crippen LogP contribution >= 0.6 is 11.6 Å². The largest absolute Gasteiger partial charge is 0.354 e. The Balaban J connectivity index is 2.45. The van der Waals surface area contributed by atoms with Gasteiger partial charge in [-0.25, -0.2) is 8.42 Å². The van der Waals surface area contributed by atoms with Gasteiger partial charge in [0.05, 0.1) is 11.9 Å². The summed E-state index contributed by atoms with van der Waals surface area (Å²) in [5.41, 5.74) is 2.93. The van der Waals surface area contributed by atoms with E-state index in [1.807, 2.05) is 45.0 Å². The lowest BCUT2D eigenvalue weighted by Crippen LogP contribution is -2.52. The Bertz CT molecular complexity index is 1100. The molecule has 0 aliphatic heterocycles. The van der Waals surface area contributed by atoms with Crippen LogP contribution in [0.2, 0.25) is 5.02 Å². The highest BCUT2D eigenvalue weighted by Gasteiger charge is 2.32. The smallest absolute Gasteiger partial charge is 0.244 e. The van der Waals surface area contributed by atoms with E-state index in [0.717, 1.165) is 28.1 Å². The number of halogens is 1. The van der Waals surface area contributed by atoms with Crippen molar-refractivity contribution < 1.29 is 18.0 Å². The van der Waals surface area contributed by atoms with Crippen molar-refractivity contribution in [3.63, 3.8) is 0 Å². The lowest BCUT2D eigenvalue weighted by molar-refractivity contribution is -0.140. The maximum absolute atomic E-state index is 13.6. The quantitative estimate of drug-likeness (QED) is 0.497. The zero-order valence-electron chi connectivity index (χ0n) is 20.5. The monoisotopic (exact) mass is 507 g/mol. The molecular formula is C25H34ClN3O4S. The minimum Gasteiger partial charge on any atom is -0.354 e. The highest BCUT2D eigenvalue weighted by Crippen LogP contribution is 2.27. The Kier molecular flexibility index (Phi) is 9.94. The lowest BCUT2D eigenvalue weighted by atomic mass is 10.1. The third-order valence-corrected chi connectivity index (χ3v) is 6.89. The molecule has 9 heteroatoms. The third kappa shape index (κ3) is 7.46. The van der Waals surface area contributed by atoms with Gasteiger partial charge in [-0.15, -0.1) is 0 Å². The van der Waals surface area contributed by atoms with Gasteiger partial charge in [0.25, 0.3) is 0 Å². The first-order valence-electron chi connectivity index (χ1n) is 11.3. The first kappa shape index (κ1) is 27.7. The number of nitrogens with one attached hydrogen (secondary N) is 1.